The lowest BCUT2D eigenvalue weighted by Crippen LogP contribution is -2.40. The molecule has 3 rings (SSSR count). The van der Waals surface area contributed by atoms with Gasteiger partial charge in [0.15, 0.2) is 23.0 Å². The van der Waals surface area contributed by atoms with Crippen LogP contribution >= 0.6 is 0 Å². The zero-order valence-electron chi connectivity index (χ0n) is 22.9. The van der Waals surface area contributed by atoms with E-state index in [1.165, 1.54) is 54.8 Å². The lowest BCUT2D eigenvalue weighted by atomic mass is 10.1. The Labute approximate surface area is 227 Å². The molecule has 0 aliphatic carbocycles. The molecule has 0 radical (unpaired) electrons. The molecule has 10 nitrogen and oxygen atoms in total. The van der Waals surface area contributed by atoms with Crippen LogP contribution in [-0.4, -0.2) is 67.2 Å². The van der Waals surface area contributed by atoms with Crippen molar-refractivity contribution < 1.29 is 42.7 Å². The third kappa shape index (κ3) is 7.04. The Morgan fingerprint density at radius 3 is 1.56 bits per heavy atom. The number of carbonyl (C=O) groups excluding carboxylic acids is 2. The molecular weight excluding hydrogens is 506 g/mol. The van der Waals surface area contributed by atoms with Gasteiger partial charge < -0.3 is 38.5 Å². The molecule has 0 unspecified atom stereocenters. The predicted octanol–water partition coefficient (Wildman–Crippen LogP) is 3.94. The number of hydrogen-bond donors (Lipinski definition) is 1. The summed E-state index contributed by atoms with van der Waals surface area (Å²) in [7, 11) is 8.82. The van der Waals surface area contributed by atoms with Gasteiger partial charge in [-0.1, -0.05) is 30.3 Å². The summed E-state index contributed by atoms with van der Waals surface area (Å²) >= 11 is 0. The van der Waals surface area contributed by atoms with Gasteiger partial charge in [-0.25, -0.2) is 4.79 Å². The van der Waals surface area contributed by atoms with E-state index in [0.717, 1.165) is 5.56 Å². The Morgan fingerprint density at radius 1 is 0.667 bits per heavy atom. The second-order valence-electron chi connectivity index (χ2n) is 8.29. The number of rotatable bonds is 13. The van der Waals surface area contributed by atoms with Crippen molar-refractivity contribution in [2.24, 2.45) is 0 Å². The van der Waals surface area contributed by atoms with Gasteiger partial charge in [0, 0.05) is 5.56 Å². The first kappa shape index (κ1) is 29.0. The van der Waals surface area contributed by atoms with Crippen molar-refractivity contribution in [3.05, 3.63) is 71.3 Å². The summed E-state index contributed by atoms with van der Waals surface area (Å²) in [6, 6.07) is 15.1. The Kier molecular flexibility index (Phi) is 10.3. The fourth-order valence-corrected chi connectivity index (χ4v) is 3.99. The van der Waals surface area contributed by atoms with Gasteiger partial charge in [0.05, 0.1) is 54.3 Å². The summed E-state index contributed by atoms with van der Waals surface area (Å²) in [5.41, 5.74) is 1.45. The van der Waals surface area contributed by atoms with E-state index in [1.54, 1.807) is 12.1 Å². The Morgan fingerprint density at radius 2 is 1.13 bits per heavy atom. The minimum absolute atomic E-state index is 0.0967. The first-order valence-corrected chi connectivity index (χ1v) is 12.0. The first-order chi connectivity index (χ1) is 18.9. The number of ether oxygens (including phenoxy) is 7. The van der Waals surface area contributed by atoms with Gasteiger partial charge in [-0.15, -0.1) is 0 Å². The molecule has 0 bridgehead atoms. The van der Waals surface area contributed by atoms with Crippen LogP contribution in [0.3, 0.4) is 0 Å². The molecule has 0 aliphatic rings. The van der Waals surface area contributed by atoms with Gasteiger partial charge in [0.25, 0.3) is 5.91 Å². The van der Waals surface area contributed by atoms with E-state index in [4.69, 9.17) is 33.2 Å². The molecular formula is C29H33NO9. The van der Waals surface area contributed by atoms with Crippen LogP contribution in [0.1, 0.15) is 26.3 Å². The maximum absolute atomic E-state index is 13.3. The van der Waals surface area contributed by atoms with E-state index in [2.05, 4.69) is 5.32 Å². The molecule has 0 aromatic heterocycles. The van der Waals surface area contributed by atoms with Crippen LogP contribution in [0.15, 0.2) is 54.6 Å². The lowest BCUT2D eigenvalue weighted by molar-refractivity contribution is 0.0455. The highest BCUT2D eigenvalue weighted by atomic mass is 16.5. The molecule has 0 saturated heterocycles. The Balaban J connectivity index is 1.84. The highest BCUT2D eigenvalue weighted by molar-refractivity contribution is 5.96. The topological polar surface area (TPSA) is 111 Å². The number of carbonyl (C=O) groups is 2. The number of hydrogen-bond acceptors (Lipinski definition) is 9. The number of benzene rings is 3. The molecule has 1 N–H and O–H groups in total. The van der Waals surface area contributed by atoms with Crippen molar-refractivity contribution in [1.82, 2.24) is 5.32 Å². The molecule has 3 aromatic carbocycles. The van der Waals surface area contributed by atoms with Crippen LogP contribution in [0, 0.1) is 0 Å². The third-order valence-electron chi connectivity index (χ3n) is 5.90. The molecule has 0 saturated carbocycles. The molecule has 0 aliphatic heterocycles. The first-order valence-electron chi connectivity index (χ1n) is 12.0. The van der Waals surface area contributed by atoms with Crippen LogP contribution in [0.5, 0.6) is 34.5 Å². The van der Waals surface area contributed by atoms with Gasteiger partial charge in [-0.05, 0) is 36.2 Å². The van der Waals surface area contributed by atoms with E-state index in [-0.39, 0.29) is 12.2 Å². The van der Waals surface area contributed by atoms with Crippen molar-refractivity contribution >= 4 is 11.9 Å². The minimum Gasteiger partial charge on any atom is -0.493 e. The maximum Gasteiger partial charge on any atom is 0.338 e. The number of nitrogens with one attached hydrogen (secondary N) is 1. The number of amides is 1. The van der Waals surface area contributed by atoms with Gasteiger partial charge in [-0.2, -0.15) is 0 Å². The van der Waals surface area contributed by atoms with Crippen molar-refractivity contribution in [2.75, 3.05) is 49.3 Å². The molecule has 0 fully saturated rings. The Bertz CT molecular complexity index is 1230. The molecule has 10 heteroatoms. The minimum atomic E-state index is -0.616. The molecule has 208 valence electrons. The monoisotopic (exact) mass is 539 g/mol. The van der Waals surface area contributed by atoms with E-state index >= 15 is 0 Å². The quantitative estimate of drug-likeness (QED) is 0.323. The van der Waals surface area contributed by atoms with E-state index < -0.39 is 17.9 Å². The van der Waals surface area contributed by atoms with E-state index in [9.17, 15) is 9.59 Å². The van der Waals surface area contributed by atoms with Gasteiger partial charge in [0.1, 0.15) is 6.61 Å². The zero-order chi connectivity index (χ0) is 28.4. The average Bonchev–Trinajstić information content (AvgIpc) is 2.98. The molecule has 3 aromatic rings. The summed E-state index contributed by atoms with van der Waals surface area (Å²) < 4.78 is 37.7. The fraction of sp³-hybridized carbons (Fsp3) is 0.310. The summed E-state index contributed by atoms with van der Waals surface area (Å²) in [5, 5.41) is 2.95. The number of methoxy groups -OCH3 is 6. The molecule has 1 amide bonds. The largest absolute Gasteiger partial charge is 0.493 e. The van der Waals surface area contributed by atoms with E-state index in [1.807, 2.05) is 30.3 Å². The fourth-order valence-electron chi connectivity index (χ4n) is 3.99. The van der Waals surface area contributed by atoms with Crippen molar-refractivity contribution in [3.8, 4) is 34.5 Å². The Hall–Kier alpha value is -4.60. The summed E-state index contributed by atoms with van der Waals surface area (Å²) in [6.07, 6.45) is 0.416. The second kappa shape index (κ2) is 13.8. The third-order valence-corrected chi connectivity index (χ3v) is 5.90. The maximum atomic E-state index is 13.3. The van der Waals surface area contributed by atoms with Crippen LogP contribution in [-0.2, 0) is 11.2 Å². The van der Waals surface area contributed by atoms with Crippen molar-refractivity contribution in [2.45, 2.75) is 12.5 Å². The molecule has 1 atom stereocenters. The summed E-state index contributed by atoms with van der Waals surface area (Å²) in [4.78, 5) is 26.3. The molecule has 0 heterocycles. The van der Waals surface area contributed by atoms with Gasteiger partial charge in [0.2, 0.25) is 11.5 Å². The smallest absolute Gasteiger partial charge is 0.338 e. The summed E-state index contributed by atoms with van der Waals surface area (Å²) in [6.45, 7) is -0.0967. The summed E-state index contributed by atoms with van der Waals surface area (Å²) in [5.74, 6) is 1.03. The van der Waals surface area contributed by atoms with Crippen LogP contribution < -0.4 is 33.7 Å². The van der Waals surface area contributed by atoms with Crippen molar-refractivity contribution in [3.63, 3.8) is 0 Å². The van der Waals surface area contributed by atoms with Gasteiger partial charge >= 0.3 is 5.97 Å². The molecule has 0 spiro atoms. The predicted molar refractivity (Wildman–Crippen MR) is 144 cm³/mol. The highest BCUT2D eigenvalue weighted by Gasteiger charge is 2.23. The molecule has 39 heavy (non-hydrogen) atoms. The standard InChI is InChI=1S/C29H33NO9/c1-33-22-13-19(14-23(34-2)26(22)37-5)28(31)30-21(12-18-10-8-7-9-11-18)17-39-29(32)20-15-24(35-3)27(38-6)25(16-20)36-4/h7-11,13-16,21H,12,17H2,1-6H3,(H,30,31)/t21-/m0/s1. The van der Waals surface area contributed by atoms with Crippen LogP contribution in [0.25, 0.3) is 0 Å². The van der Waals surface area contributed by atoms with Crippen LogP contribution in [0.2, 0.25) is 0 Å². The lowest BCUT2D eigenvalue weighted by Gasteiger charge is -2.20. The average molecular weight is 540 g/mol. The zero-order valence-corrected chi connectivity index (χ0v) is 22.9. The number of esters is 1. The van der Waals surface area contributed by atoms with Gasteiger partial charge in [-0.3, -0.25) is 4.79 Å². The normalized spacial score (nSPS) is 11.1. The second-order valence-corrected chi connectivity index (χ2v) is 8.29. The highest BCUT2D eigenvalue weighted by Crippen LogP contribution is 2.39. The van der Waals surface area contributed by atoms with Crippen LogP contribution in [0.4, 0.5) is 0 Å². The van der Waals surface area contributed by atoms with E-state index in [0.29, 0.717) is 46.5 Å². The van der Waals surface area contributed by atoms with Crippen molar-refractivity contribution in [1.29, 1.82) is 0 Å². The SMILES string of the molecule is COc1cc(C(=O)N[C@H](COC(=O)c2cc(OC)c(OC)c(OC)c2)Cc2ccccc2)cc(OC)c1OC.